The van der Waals surface area contributed by atoms with Crippen LogP contribution in [0.2, 0.25) is 5.02 Å². The first-order chi connectivity index (χ1) is 21.7. The van der Waals surface area contributed by atoms with E-state index in [0.717, 1.165) is 60.3 Å². The number of amides is 2. The highest BCUT2D eigenvalue weighted by Crippen LogP contribution is 2.44. The fraction of sp³-hybridized carbons (Fsp3) is 0.444. The molecule has 3 aromatic rings. The second kappa shape index (κ2) is 13.3. The topological polar surface area (TPSA) is 74.4 Å². The molecule has 0 aromatic heterocycles. The smallest absolute Gasteiger partial charge is 0.235 e. The molecule has 6 rings (SSSR count). The van der Waals surface area contributed by atoms with E-state index in [1.165, 1.54) is 0 Å². The van der Waals surface area contributed by atoms with Gasteiger partial charge in [-0.05, 0) is 111 Å². The molecule has 1 aliphatic carbocycles. The number of nitrogens with zero attached hydrogens (tertiary/aromatic N) is 3. The van der Waals surface area contributed by atoms with Gasteiger partial charge in [0.25, 0.3) is 0 Å². The molecular formula is C36H43ClN4O4. The zero-order valence-electron chi connectivity index (χ0n) is 26.6. The van der Waals surface area contributed by atoms with Gasteiger partial charge in [0.05, 0.1) is 38.9 Å². The quantitative estimate of drug-likeness (QED) is 0.304. The Morgan fingerprint density at radius 1 is 0.978 bits per heavy atom. The number of fused-ring (bicyclic) bond motifs is 1. The van der Waals surface area contributed by atoms with Gasteiger partial charge in [-0.2, -0.15) is 0 Å². The first-order valence-corrected chi connectivity index (χ1v) is 16.3. The number of hydrogen-bond acceptors (Lipinski definition) is 6. The van der Waals surface area contributed by atoms with Crippen molar-refractivity contribution in [3.8, 4) is 11.5 Å². The van der Waals surface area contributed by atoms with Crippen LogP contribution < -0.4 is 24.6 Å². The van der Waals surface area contributed by atoms with Gasteiger partial charge in [-0.3, -0.25) is 14.5 Å². The monoisotopic (exact) mass is 630 g/mol. The lowest BCUT2D eigenvalue weighted by molar-refractivity contribution is -0.119. The number of anilines is 2. The molecule has 3 aromatic carbocycles. The van der Waals surface area contributed by atoms with Crippen LogP contribution in [0.4, 0.5) is 11.4 Å². The lowest BCUT2D eigenvalue weighted by Crippen LogP contribution is -2.41. The average Bonchev–Trinajstić information content (AvgIpc) is 3.47. The van der Waals surface area contributed by atoms with E-state index in [1.807, 2.05) is 55.1 Å². The van der Waals surface area contributed by atoms with Gasteiger partial charge in [0.2, 0.25) is 11.8 Å². The van der Waals surface area contributed by atoms with E-state index in [4.69, 9.17) is 21.1 Å². The molecule has 1 saturated heterocycles. The number of hydrogen-bond donors (Lipinski definition) is 1. The van der Waals surface area contributed by atoms with Gasteiger partial charge in [-0.1, -0.05) is 23.7 Å². The number of rotatable bonds is 9. The van der Waals surface area contributed by atoms with Crippen LogP contribution in [-0.4, -0.2) is 62.8 Å². The van der Waals surface area contributed by atoms with Gasteiger partial charge in [-0.15, -0.1) is 0 Å². The fourth-order valence-corrected chi connectivity index (χ4v) is 7.25. The first-order valence-electron chi connectivity index (χ1n) is 16.0. The Balaban J connectivity index is 1.22. The average molecular weight is 631 g/mol. The largest absolute Gasteiger partial charge is 0.493 e. The number of ether oxygens (including phenoxy) is 2. The number of carbonyl (C=O) groups excluding carboxylic acids is 2. The Kier molecular flexibility index (Phi) is 9.24. The molecule has 3 aliphatic rings. The molecule has 0 radical (unpaired) electrons. The Hall–Kier alpha value is -3.75. The summed E-state index contributed by atoms with van der Waals surface area (Å²) in [6.45, 7) is 6.18. The van der Waals surface area contributed by atoms with Crippen molar-refractivity contribution in [3.05, 3.63) is 82.4 Å². The Labute approximate surface area is 271 Å². The highest BCUT2D eigenvalue weighted by molar-refractivity contribution is 6.30. The Morgan fingerprint density at radius 2 is 1.69 bits per heavy atom. The SMILES string of the molecule is COc1cc2c(cc1OC(C)C)[C@H](c1ccc(Cl)cc1)N(c1ccc(N(C)CC3CCC(N4CNC(=O)C4)CC3)cc1)C(=O)C2. The lowest BCUT2D eigenvalue weighted by Gasteiger charge is -2.38. The van der Waals surface area contributed by atoms with Crippen molar-refractivity contribution in [3.63, 3.8) is 0 Å². The van der Waals surface area contributed by atoms with Crippen LogP contribution in [0.3, 0.4) is 0 Å². The van der Waals surface area contributed by atoms with Gasteiger partial charge in [0.15, 0.2) is 11.5 Å². The third-order valence-corrected chi connectivity index (χ3v) is 9.65. The molecule has 1 atom stereocenters. The summed E-state index contributed by atoms with van der Waals surface area (Å²) in [6, 6.07) is 20.2. The second-order valence-corrected chi connectivity index (χ2v) is 13.3. The summed E-state index contributed by atoms with van der Waals surface area (Å²) in [6.07, 6.45) is 4.83. The van der Waals surface area contributed by atoms with E-state index in [2.05, 4.69) is 46.4 Å². The van der Waals surface area contributed by atoms with Crippen molar-refractivity contribution in [1.82, 2.24) is 10.2 Å². The standard InChI is InChI=1S/C36H43ClN4O4/c1-23(2)45-33-19-31-26(17-32(33)44-4)18-35(43)41(36(31)25-7-9-27(37)10-8-25)30-15-13-28(14-16-30)39(3)20-24-5-11-29(12-6-24)40-21-34(42)38-22-40/h7-10,13-17,19,23-24,29,36H,5-6,11-12,18,20-22H2,1-4H3,(H,38,42)/t24?,29?,36-/m0/s1. The highest BCUT2D eigenvalue weighted by atomic mass is 35.5. The van der Waals surface area contributed by atoms with E-state index < -0.39 is 0 Å². The van der Waals surface area contributed by atoms with Gasteiger partial charge in [0, 0.05) is 36.0 Å². The minimum Gasteiger partial charge on any atom is -0.493 e. The molecule has 238 valence electrons. The molecular weight excluding hydrogens is 588 g/mol. The van der Waals surface area contributed by atoms with Crippen molar-refractivity contribution < 1.29 is 19.1 Å². The van der Waals surface area contributed by atoms with Crippen LogP contribution in [0.1, 0.15) is 62.3 Å². The summed E-state index contributed by atoms with van der Waals surface area (Å²) in [5.41, 5.74) is 4.89. The molecule has 1 N–H and O–H groups in total. The normalized spacial score (nSPS) is 21.9. The summed E-state index contributed by atoms with van der Waals surface area (Å²) in [5, 5.41) is 3.58. The van der Waals surface area contributed by atoms with Crippen LogP contribution in [-0.2, 0) is 16.0 Å². The predicted octanol–water partition coefficient (Wildman–Crippen LogP) is 6.20. The van der Waals surface area contributed by atoms with Crippen molar-refractivity contribution in [2.45, 2.75) is 64.1 Å². The van der Waals surface area contributed by atoms with Crippen molar-refractivity contribution in [1.29, 1.82) is 0 Å². The summed E-state index contributed by atoms with van der Waals surface area (Å²) < 4.78 is 11.8. The Morgan fingerprint density at radius 3 is 2.31 bits per heavy atom. The number of halogens is 1. The van der Waals surface area contributed by atoms with E-state index in [1.54, 1.807) is 7.11 Å². The number of carbonyl (C=O) groups is 2. The van der Waals surface area contributed by atoms with E-state index in [9.17, 15) is 9.59 Å². The molecule has 9 heteroatoms. The number of nitrogens with one attached hydrogen (secondary N) is 1. The van der Waals surface area contributed by atoms with Crippen LogP contribution in [0, 0.1) is 5.92 Å². The summed E-state index contributed by atoms with van der Waals surface area (Å²) in [7, 11) is 3.77. The van der Waals surface area contributed by atoms with Crippen LogP contribution in [0.25, 0.3) is 0 Å². The molecule has 0 spiro atoms. The highest BCUT2D eigenvalue weighted by Gasteiger charge is 2.36. The molecule has 45 heavy (non-hydrogen) atoms. The number of benzene rings is 3. The maximum atomic E-state index is 13.9. The fourth-order valence-electron chi connectivity index (χ4n) is 7.13. The van der Waals surface area contributed by atoms with Crippen molar-refractivity contribution in [2.75, 3.05) is 43.7 Å². The summed E-state index contributed by atoms with van der Waals surface area (Å²) in [5.74, 6) is 2.07. The molecule has 1 saturated carbocycles. The summed E-state index contributed by atoms with van der Waals surface area (Å²) >= 11 is 6.28. The first kappa shape index (κ1) is 31.2. The van der Waals surface area contributed by atoms with Crippen molar-refractivity contribution >= 4 is 34.8 Å². The van der Waals surface area contributed by atoms with E-state index in [0.29, 0.717) is 41.7 Å². The van der Waals surface area contributed by atoms with Gasteiger partial charge < -0.3 is 24.6 Å². The third-order valence-electron chi connectivity index (χ3n) is 9.40. The Bertz CT molecular complexity index is 1520. The molecule has 2 aliphatic heterocycles. The minimum atomic E-state index is -0.348. The predicted molar refractivity (Wildman–Crippen MR) is 178 cm³/mol. The third kappa shape index (κ3) is 6.77. The van der Waals surface area contributed by atoms with Crippen molar-refractivity contribution in [2.24, 2.45) is 5.92 Å². The molecule has 0 bridgehead atoms. The van der Waals surface area contributed by atoms with Gasteiger partial charge in [-0.25, -0.2) is 0 Å². The zero-order chi connectivity index (χ0) is 31.7. The zero-order valence-corrected chi connectivity index (χ0v) is 27.3. The maximum absolute atomic E-state index is 13.9. The lowest BCUT2D eigenvalue weighted by atomic mass is 9.85. The van der Waals surface area contributed by atoms with Gasteiger partial charge >= 0.3 is 0 Å². The van der Waals surface area contributed by atoms with Crippen LogP contribution in [0.5, 0.6) is 11.5 Å². The molecule has 2 fully saturated rings. The number of methoxy groups -OCH3 is 1. The van der Waals surface area contributed by atoms with Crippen LogP contribution in [0.15, 0.2) is 60.7 Å². The molecule has 8 nitrogen and oxygen atoms in total. The minimum absolute atomic E-state index is 0.0230. The second-order valence-electron chi connectivity index (χ2n) is 12.8. The molecule has 0 unspecified atom stereocenters. The maximum Gasteiger partial charge on any atom is 0.235 e. The van der Waals surface area contributed by atoms with E-state index >= 15 is 0 Å². The van der Waals surface area contributed by atoms with Crippen LogP contribution >= 0.6 is 11.6 Å². The van der Waals surface area contributed by atoms with E-state index in [-0.39, 0.29) is 30.4 Å². The molecule has 2 amide bonds. The summed E-state index contributed by atoms with van der Waals surface area (Å²) in [4.78, 5) is 32.0. The molecule has 2 heterocycles. The van der Waals surface area contributed by atoms with Gasteiger partial charge in [0.1, 0.15) is 0 Å².